The van der Waals surface area contributed by atoms with Crippen LogP contribution in [-0.2, 0) is 16.1 Å². The first-order valence-corrected chi connectivity index (χ1v) is 7.40. The van der Waals surface area contributed by atoms with Gasteiger partial charge in [-0.15, -0.1) is 0 Å². The lowest BCUT2D eigenvalue weighted by Gasteiger charge is -2.24. The average molecular weight is 340 g/mol. The molecule has 0 saturated carbocycles. The zero-order chi connectivity index (χ0) is 14.5. The number of primary amides is 1. The van der Waals surface area contributed by atoms with E-state index in [0.29, 0.717) is 6.54 Å². The van der Waals surface area contributed by atoms with Gasteiger partial charge in [0.15, 0.2) is 0 Å². The van der Waals surface area contributed by atoms with Crippen LogP contribution < -0.4 is 11.1 Å². The van der Waals surface area contributed by atoms with Crippen LogP contribution in [0.15, 0.2) is 28.7 Å². The van der Waals surface area contributed by atoms with Gasteiger partial charge in [0.25, 0.3) is 0 Å². The number of nitrogens with two attached hydrogens (primary N) is 1. The third-order valence-electron chi connectivity index (χ3n) is 3.30. The molecule has 5 nitrogen and oxygen atoms in total. The molecule has 20 heavy (non-hydrogen) atoms. The first-order chi connectivity index (χ1) is 9.56. The van der Waals surface area contributed by atoms with Crippen molar-refractivity contribution in [1.82, 2.24) is 10.2 Å². The second kappa shape index (κ2) is 6.85. The molecule has 2 rings (SSSR count). The van der Waals surface area contributed by atoms with Crippen molar-refractivity contribution in [2.24, 2.45) is 5.73 Å². The molecule has 0 spiro atoms. The van der Waals surface area contributed by atoms with Crippen molar-refractivity contribution in [3.8, 4) is 0 Å². The lowest BCUT2D eigenvalue weighted by molar-refractivity contribution is -0.137. The number of hydrogen-bond donors (Lipinski definition) is 2. The number of rotatable bonds is 5. The fourth-order valence-electron chi connectivity index (χ4n) is 2.33. The van der Waals surface area contributed by atoms with Crippen LogP contribution in [0.2, 0.25) is 0 Å². The van der Waals surface area contributed by atoms with E-state index >= 15 is 0 Å². The van der Waals surface area contributed by atoms with Gasteiger partial charge in [-0.25, -0.2) is 0 Å². The highest BCUT2D eigenvalue weighted by Crippen LogP contribution is 2.14. The molecule has 0 aliphatic carbocycles. The summed E-state index contributed by atoms with van der Waals surface area (Å²) in [5.41, 5.74) is 6.22. The van der Waals surface area contributed by atoms with Crippen LogP contribution in [0.5, 0.6) is 0 Å². The Kier molecular flexibility index (Phi) is 5.14. The van der Waals surface area contributed by atoms with Gasteiger partial charge in [-0.1, -0.05) is 28.1 Å². The Morgan fingerprint density at radius 3 is 2.60 bits per heavy atom. The minimum atomic E-state index is -0.492. The van der Waals surface area contributed by atoms with Crippen LogP contribution in [-0.4, -0.2) is 35.8 Å². The summed E-state index contributed by atoms with van der Waals surface area (Å²) in [5, 5.41) is 3.15. The highest BCUT2D eigenvalue weighted by Gasteiger charge is 2.27. The lowest BCUT2D eigenvalue weighted by atomic mass is 10.1. The van der Waals surface area contributed by atoms with E-state index < -0.39 is 5.91 Å². The van der Waals surface area contributed by atoms with E-state index in [2.05, 4.69) is 21.2 Å². The summed E-state index contributed by atoms with van der Waals surface area (Å²) >= 11 is 3.37. The Balaban J connectivity index is 2.08. The lowest BCUT2D eigenvalue weighted by Crippen LogP contribution is -2.46. The van der Waals surface area contributed by atoms with Crippen molar-refractivity contribution < 1.29 is 9.59 Å². The number of carbonyl (C=O) groups excluding carboxylic acids is 2. The summed E-state index contributed by atoms with van der Waals surface area (Å²) in [6.07, 6.45) is 1.80. The second-order valence-electron chi connectivity index (χ2n) is 4.94. The summed E-state index contributed by atoms with van der Waals surface area (Å²) in [6, 6.07) is 7.48. The standard InChI is InChI=1S/C14H18BrN3O2/c15-11-5-3-10(4-6-11)8-18(9-13(16)19)14(20)12-2-1-7-17-12/h3-6,12,17H,1-2,7-9H2,(H2,16,19). The smallest absolute Gasteiger partial charge is 0.240 e. The van der Waals surface area contributed by atoms with E-state index in [-0.39, 0.29) is 18.5 Å². The van der Waals surface area contributed by atoms with Gasteiger partial charge in [0, 0.05) is 11.0 Å². The van der Waals surface area contributed by atoms with Gasteiger partial charge in [0.05, 0.1) is 12.6 Å². The minimum Gasteiger partial charge on any atom is -0.368 e. The monoisotopic (exact) mass is 339 g/mol. The molecule has 1 fully saturated rings. The fraction of sp³-hybridized carbons (Fsp3) is 0.429. The molecule has 2 amide bonds. The van der Waals surface area contributed by atoms with Gasteiger partial charge in [0.2, 0.25) is 11.8 Å². The zero-order valence-corrected chi connectivity index (χ0v) is 12.7. The molecule has 1 aromatic rings. The number of carbonyl (C=O) groups is 2. The Morgan fingerprint density at radius 2 is 2.05 bits per heavy atom. The highest BCUT2D eigenvalue weighted by atomic mass is 79.9. The molecule has 6 heteroatoms. The van der Waals surface area contributed by atoms with Crippen molar-refractivity contribution >= 4 is 27.7 Å². The quantitative estimate of drug-likeness (QED) is 0.840. The molecule has 3 N–H and O–H groups in total. The third kappa shape index (κ3) is 4.05. The van der Waals surface area contributed by atoms with Gasteiger partial charge >= 0.3 is 0 Å². The number of benzene rings is 1. The Bertz CT molecular complexity index is 484. The topological polar surface area (TPSA) is 75.4 Å². The third-order valence-corrected chi connectivity index (χ3v) is 3.83. The van der Waals surface area contributed by atoms with E-state index in [1.807, 2.05) is 24.3 Å². The minimum absolute atomic E-state index is 0.0485. The number of amides is 2. The predicted molar refractivity (Wildman–Crippen MR) is 79.8 cm³/mol. The molecule has 1 aromatic carbocycles. The van der Waals surface area contributed by atoms with Gasteiger partial charge < -0.3 is 16.0 Å². The number of nitrogens with one attached hydrogen (secondary N) is 1. The Hall–Kier alpha value is -1.40. The SMILES string of the molecule is NC(=O)CN(Cc1ccc(Br)cc1)C(=O)C1CCCN1. The molecule has 1 heterocycles. The molecule has 0 aromatic heterocycles. The summed E-state index contributed by atoms with van der Waals surface area (Å²) in [5.74, 6) is -0.544. The van der Waals surface area contributed by atoms with Gasteiger partial charge in [-0.2, -0.15) is 0 Å². The maximum absolute atomic E-state index is 12.4. The van der Waals surface area contributed by atoms with Crippen molar-refractivity contribution in [3.05, 3.63) is 34.3 Å². The molecule has 1 aliphatic rings. The first-order valence-electron chi connectivity index (χ1n) is 6.61. The molecular formula is C14H18BrN3O2. The summed E-state index contributed by atoms with van der Waals surface area (Å²) < 4.78 is 0.978. The normalized spacial score (nSPS) is 17.9. The van der Waals surface area contributed by atoms with Crippen LogP contribution in [0, 0.1) is 0 Å². The number of nitrogens with zero attached hydrogens (tertiary/aromatic N) is 1. The maximum atomic E-state index is 12.4. The van der Waals surface area contributed by atoms with Crippen LogP contribution in [0.3, 0.4) is 0 Å². The summed E-state index contributed by atoms with van der Waals surface area (Å²) in [4.78, 5) is 25.1. The summed E-state index contributed by atoms with van der Waals surface area (Å²) in [6.45, 7) is 1.19. The van der Waals surface area contributed by atoms with Crippen LogP contribution in [0.25, 0.3) is 0 Å². The van der Waals surface area contributed by atoms with Crippen molar-refractivity contribution in [2.75, 3.05) is 13.1 Å². The molecule has 0 bridgehead atoms. The highest BCUT2D eigenvalue weighted by molar-refractivity contribution is 9.10. The Labute approximate surface area is 126 Å². The molecule has 0 radical (unpaired) electrons. The van der Waals surface area contributed by atoms with Crippen molar-refractivity contribution in [3.63, 3.8) is 0 Å². The van der Waals surface area contributed by atoms with Gasteiger partial charge in [-0.05, 0) is 37.1 Å². The van der Waals surface area contributed by atoms with Crippen LogP contribution in [0.1, 0.15) is 18.4 Å². The van der Waals surface area contributed by atoms with E-state index in [1.165, 1.54) is 4.90 Å². The molecule has 1 saturated heterocycles. The second-order valence-corrected chi connectivity index (χ2v) is 5.85. The molecular weight excluding hydrogens is 322 g/mol. The van der Waals surface area contributed by atoms with E-state index in [9.17, 15) is 9.59 Å². The van der Waals surface area contributed by atoms with E-state index in [1.54, 1.807) is 0 Å². The van der Waals surface area contributed by atoms with Crippen LogP contribution in [0.4, 0.5) is 0 Å². The molecule has 108 valence electrons. The van der Waals surface area contributed by atoms with Crippen molar-refractivity contribution in [2.45, 2.75) is 25.4 Å². The molecule has 1 unspecified atom stereocenters. The number of halogens is 1. The largest absolute Gasteiger partial charge is 0.368 e. The van der Waals surface area contributed by atoms with Gasteiger partial charge in [0.1, 0.15) is 0 Å². The average Bonchev–Trinajstić information content (AvgIpc) is 2.93. The predicted octanol–water partition coefficient (Wildman–Crippen LogP) is 1.01. The van der Waals surface area contributed by atoms with Crippen LogP contribution >= 0.6 is 15.9 Å². The summed E-state index contributed by atoms with van der Waals surface area (Å²) in [7, 11) is 0. The first kappa shape index (κ1) is 15.0. The molecule has 1 aliphatic heterocycles. The Morgan fingerprint density at radius 1 is 1.35 bits per heavy atom. The number of hydrogen-bond acceptors (Lipinski definition) is 3. The van der Waals surface area contributed by atoms with E-state index in [4.69, 9.17) is 5.73 Å². The van der Waals surface area contributed by atoms with Crippen molar-refractivity contribution in [1.29, 1.82) is 0 Å². The maximum Gasteiger partial charge on any atom is 0.240 e. The van der Waals surface area contributed by atoms with Gasteiger partial charge in [-0.3, -0.25) is 9.59 Å². The fourth-order valence-corrected chi connectivity index (χ4v) is 2.59. The zero-order valence-electron chi connectivity index (χ0n) is 11.1. The van der Waals surface area contributed by atoms with E-state index in [0.717, 1.165) is 29.4 Å². The molecule has 1 atom stereocenters.